The van der Waals surface area contributed by atoms with Crippen molar-refractivity contribution in [3.05, 3.63) is 76.8 Å². The predicted molar refractivity (Wildman–Crippen MR) is 148 cm³/mol. The van der Waals surface area contributed by atoms with E-state index in [1.54, 1.807) is 17.5 Å². The molecule has 0 amide bonds. The molecule has 1 heterocycles. The van der Waals surface area contributed by atoms with Crippen molar-refractivity contribution in [2.45, 2.75) is 56.5 Å². The largest absolute Gasteiger partial charge is 0.507 e. The summed E-state index contributed by atoms with van der Waals surface area (Å²) in [6.45, 7) is 4.91. The molecule has 1 aliphatic heterocycles. The first-order valence-electron chi connectivity index (χ1n) is 12.3. The molecule has 3 aromatic carbocycles. The summed E-state index contributed by atoms with van der Waals surface area (Å²) in [6.07, 6.45) is 3.23. The number of phenols is 1. The first kappa shape index (κ1) is 26.5. The standard InChI is InChI=1S/C28H33BrN2O4S/c1-4-6-16-28(5-2)20-30(22-10-8-7-9-11-22)25-17-24(29)26(32)18-27(25)36(33,34)31(28)19-21-12-14-23(35-3)15-13-21/h7-15,17-18,32H,4-6,16,19-20H2,1-3H3. The Morgan fingerprint density at radius 2 is 1.75 bits per heavy atom. The fourth-order valence-corrected chi connectivity index (χ4v) is 7.31. The zero-order chi connectivity index (χ0) is 25.9. The number of rotatable bonds is 8. The SMILES string of the molecule is CCCCC1(CC)CN(c2ccccc2)c2cc(Br)c(O)cc2S(=O)(=O)N1Cc1ccc(OC)cc1. The highest BCUT2D eigenvalue weighted by Crippen LogP contribution is 2.47. The number of ether oxygens (including phenoxy) is 1. The van der Waals surface area contributed by atoms with Gasteiger partial charge in [-0.25, -0.2) is 8.42 Å². The van der Waals surface area contributed by atoms with Gasteiger partial charge in [0, 0.05) is 24.8 Å². The van der Waals surface area contributed by atoms with Gasteiger partial charge in [-0.1, -0.05) is 57.0 Å². The lowest BCUT2D eigenvalue weighted by Crippen LogP contribution is -2.54. The molecule has 0 saturated heterocycles. The fourth-order valence-electron chi connectivity index (χ4n) is 4.94. The van der Waals surface area contributed by atoms with E-state index in [9.17, 15) is 13.5 Å². The molecule has 6 nitrogen and oxygen atoms in total. The van der Waals surface area contributed by atoms with Crippen LogP contribution in [0.2, 0.25) is 0 Å². The summed E-state index contributed by atoms with van der Waals surface area (Å²) in [7, 11) is -2.37. The minimum Gasteiger partial charge on any atom is -0.507 e. The molecule has 3 aromatic rings. The molecule has 192 valence electrons. The Hall–Kier alpha value is -2.55. The number of phenolic OH excluding ortho intramolecular Hbond substituents is 1. The van der Waals surface area contributed by atoms with Crippen molar-refractivity contribution in [3.63, 3.8) is 0 Å². The van der Waals surface area contributed by atoms with Gasteiger partial charge in [-0.05, 0) is 64.7 Å². The van der Waals surface area contributed by atoms with E-state index >= 15 is 0 Å². The second kappa shape index (κ2) is 10.8. The number of para-hydroxylation sites is 1. The van der Waals surface area contributed by atoms with Crippen LogP contribution in [0.4, 0.5) is 11.4 Å². The Balaban J connectivity index is 1.96. The molecular weight excluding hydrogens is 540 g/mol. The summed E-state index contributed by atoms with van der Waals surface area (Å²) >= 11 is 3.41. The first-order chi connectivity index (χ1) is 17.3. The van der Waals surface area contributed by atoms with Gasteiger partial charge in [-0.15, -0.1) is 0 Å². The van der Waals surface area contributed by atoms with Crippen molar-refractivity contribution in [1.82, 2.24) is 4.31 Å². The van der Waals surface area contributed by atoms with Gasteiger partial charge in [-0.3, -0.25) is 0 Å². The van der Waals surface area contributed by atoms with E-state index in [2.05, 4.69) is 34.7 Å². The number of aromatic hydroxyl groups is 1. The first-order valence-corrected chi connectivity index (χ1v) is 14.5. The molecule has 8 heteroatoms. The monoisotopic (exact) mass is 572 g/mol. The van der Waals surface area contributed by atoms with Crippen molar-refractivity contribution in [1.29, 1.82) is 0 Å². The Bertz CT molecular complexity index is 1300. The molecule has 0 fully saturated rings. The van der Waals surface area contributed by atoms with E-state index in [0.717, 1.165) is 36.3 Å². The molecule has 0 aromatic heterocycles. The summed E-state index contributed by atoms with van der Waals surface area (Å²) < 4.78 is 36.4. The summed E-state index contributed by atoms with van der Waals surface area (Å²) in [5.74, 6) is 0.618. The minimum atomic E-state index is -3.98. The van der Waals surface area contributed by atoms with Crippen LogP contribution >= 0.6 is 15.9 Å². The lowest BCUT2D eigenvalue weighted by atomic mass is 9.88. The molecular formula is C28H33BrN2O4S. The number of nitrogens with zero attached hydrogens (tertiary/aromatic N) is 2. The number of sulfonamides is 1. The molecule has 0 radical (unpaired) electrons. The summed E-state index contributed by atoms with van der Waals surface area (Å²) in [4.78, 5) is 2.19. The topological polar surface area (TPSA) is 70.1 Å². The molecule has 1 atom stereocenters. The molecule has 1 aliphatic rings. The summed E-state index contributed by atoms with van der Waals surface area (Å²) in [5.41, 5.74) is 1.68. The lowest BCUT2D eigenvalue weighted by Gasteiger charge is -2.43. The van der Waals surface area contributed by atoms with Gasteiger partial charge in [0.25, 0.3) is 0 Å². The van der Waals surface area contributed by atoms with Crippen molar-refractivity contribution in [2.24, 2.45) is 0 Å². The third kappa shape index (κ3) is 4.99. The van der Waals surface area contributed by atoms with Crippen LogP contribution < -0.4 is 9.64 Å². The van der Waals surface area contributed by atoms with Gasteiger partial charge >= 0.3 is 0 Å². The third-order valence-electron chi connectivity index (χ3n) is 7.08. The van der Waals surface area contributed by atoms with Gasteiger partial charge in [-0.2, -0.15) is 4.31 Å². The van der Waals surface area contributed by atoms with Crippen molar-refractivity contribution in [2.75, 3.05) is 18.6 Å². The molecule has 1 N–H and O–H groups in total. The quantitative estimate of drug-likeness (QED) is 0.320. The van der Waals surface area contributed by atoms with Crippen molar-refractivity contribution < 1.29 is 18.3 Å². The highest BCUT2D eigenvalue weighted by Gasteiger charge is 2.48. The predicted octanol–water partition coefficient (Wildman–Crippen LogP) is 6.84. The number of fused-ring (bicyclic) bond motifs is 1. The van der Waals surface area contributed by atoms with Crippen LogP contribution in [0.25, 0.3) is 0 Å². The van der Waals surface area contributed by atoms with E-state index in [4.69, 9.17) is 4.74 Å². The normalized spacial score (nSPS) is 19.5. The van der Waals surface area contributed by atoms with Gasteiger partial charge in [0.15, 0.2) is 0 Å². The molecule has 0 bridgehead atoms. The maximum absolute atomic E-state index is 14.5. The van der Waals surface area contributed by atoms with E-state index in [1.807, 2.05) is 54.6 Å². The van der Waals surface area contributed by atoms with E-state index in [-0.39, 0.29) is 17.2 Å². The number of hydrogen-bond acceptors (Lipinski definition) is 5. The fraction of sp³-hybridized carbons (Fsp3) is 0.357. The van der Waals surface area contributed by atoms with Crippen molar-refractivity contribution in [3.8, 4) is 11.5 Å². The Morgan fingerprint density at radius 1 is 1.06 bits per heavy atom. The van der Waals surface area contributed by atoms with Crippen LogP contribution in [-0.2, 0) is 16.6 Å². The molecule has 0 spiro atoms. The molecule has 4 rings (SSSR count). The molecule has 1 unspecified atom stereocenters. The Labute approximate surface area is 222 Å². The van der Waals surface area contributed by atoms with Crippen LogP contribution in [0.5, 0.6) is 11.5 Å². The second-order valence-electron chi connectivity index (χ2n) is 9.23. The minimum absolute atomic E-state index is 0.104. The van der Waals surface area contributed by atoms with Crippen LogP contribution in [0, 0.1) is 0 Å². The van der Waals surface area contributed by atoms with Crippen LogP contribution in [0.1, 0.15) is 45.1 Å². The van der Waals surface area contributed by atoms with Gasteiger partial charge < -0.3 is 14.7 Å². The molecule has 0 aliphatic carbocycles. The smallest absolute Gasteiger partial charge is 0.246 e. The Morgan fingerprint density at radius 3 is 2.36 bits per heavy atom. The van der Waals surface area contributed by atoms with Crippen molar-refractivity contribution >= 4 is 37.3 Å². The number of anilines is 2. The maximum atomic E-state index is 14.5. The van der Waals surface area contributed by atoms with E-state index in [1.165, 1.54) is 6.07 Å². The average Bonchev–Trinajstić information content (AvgIpc) is 2.96. The van der Waals surface area contributed by atoms with E-state index in [0.29, 0.717) is 23.1 Å². The zero-order valence-corrected chi connectivity index (χ0v) is 23.3. The second-order valence-corrected chi connectivity index (χ2v) is 11.9. The maximum Gasteiger partial charge on any atom is 0.246 e. The summed E-state index contributed by atoms with van der Waals surface area (Å²) in [5, 5.41) is 10.6. The van der Waals surface area contributed by atoms with Crippen LogP contribution in [0.3, 0.4) is 0 Å². The number of methoxy groups -OCH3 is 1. The number of unbranched alkanes of at least 4 members (excludes halogenated alkanes) is 1. The number of hydrogen-bond donors (Lipinski definition) is 1. The number of halogens is 1. The van der Waals surface area contributed by atoms with Crippen LogP contribution in [-0.4, -0.2) is 37.0 Å². The van der Waals surface area contributed by atoms with Crippen LogP contribution in [0.15, 0.2) is 76.1 Å². The lowest BCUT2D eigenvalue weighted by molar-refractivity contribution is 0.163. The molecule has 36 heavy (non-hydrogen) atoms. The van der Waals surface area contributed by atoms with Gasteiger partial charge in [0.2, 0.25) is 10.0 Å². The highest BCUT2D eigenvalue weighted by atomic mass is 79.9. The van der Waals surface area contributed by atoms with E-state index < -0.39 is 15.6 Å². The zero-order valence-electron chi connectivity index (χ0n) is 20.9. The third-order valence-corrected chi connectivity index (χ3v) is 9.69. The van der Waals surface area contributed by atoms with Gasteiger partial charge in [0.05, 0.1) is 22.8 Å². The molecule has 0 saturated carbocycles. The Kier molecular flexibility index (Phi) is 7.97. The average molecular weight is 574 g/mol. The van der Waals surface area contributed by atoms with Gasteiger partial charge in [0.1, 0.15) is 16.4 Å². The summed E-state index contributed by atoms with van der Waals surface area (Å²) in [6, 6.07) is 20.5. The number of benzene rings is 3. The highest BCUT2D eigenvalue weighted by molar-refractivity contribution is 9.10.